The van der Waals surface area contributed by atoms with Crippen molar-refractivity contribution in [2.75, 3.05) is 20.6 Å². The van der Waals surface area contributed by atoms with E-state index in [9.17, 15) is 4.79 Å². The predicted molar refractivity (Wildman–Crippen MR) is 88.1 cm³/mol. The van der Waals surface area contributed by atoms with Crippen molar-refractivity contribution in [2.24, 2.45) is 0 Å². The Kier molecular flexibility index (Phi) is 4.17. The molecule has 0 fully saturated rings. The standard InChI is InChI=1S/C17H23N5O/c1-12-5-6-13(2)14(9-12)10-20(3)11-15-18-19-16-17(23)21(4)7-8-22(15)16/h5-6,9H,7-8,10-11H2,1-4H3. The summed E-state index contributed by atoms with van der Waals surface area (Å²) < 4.78 is 1.95. The van der Waals surface area contributed by atoms with Gasteiger partial charge in [0.2, 0.25) is 5.82 Å². The van der Waals surface area contributed by atoms with Gasteiger partial charge < -0.3 is 9.47 Å². The highest BCUT2D eigenvalue weighted by molar-refractivity contribution is 5.91. The molecule has 0 aliphatic carbocycles. The molecule has 0 bridgehead atoms. The van der Waals surface area contributed by atoms with Crippen LogP contribution in [0.4, 0.5) is 0 Å². The van der Waals surface area contributed by atoms with E-state index in [0.717, 1.165) is 18.9 Å². The molecule has 0 atom stereocenters. The van der Waals surface area contributed by atoms with Gasteiger partial charge in [0.25, 0.3) is 5.91 Å². The van der Waals surface area contributed by atoms with Gasteiger partial charge in [-0.15, -0.1) is 10.2 Å². The highest BCUT2D eigenvalue weighted by Crippen LogP contribution is 2.16. The van der Waals surface area contributed by atoms with Crippen LogP contribution in [0.3, 0.4) is 0 Å². The lowest BCUT2D eigenvalue weighted by molar-refractivity contribution is 0.0739. The number of carbonyl (C=O) groups is 1. The Balaban J connectivity index is 1.74. The molecule has 6 heteroatoms. The Hall–Kier alpha value is -2.21. The van der Waals surface area contributed by atoms with E-state index in [-0.39, 0.29) is 5.91 Å². The Morgan fingerprint density at radius 1 is 1.17 bits per heavy atom. The molecular weight excluding hydrogens is 290 g/mol. The van der Waals surface area contributed by atoms with Crippen LogP contribution in [0.5, 0.6) is 0 Å². The highest BCUT2D eigenvalue weighted by atomic mass is 16.2. The van der Waals surface area contributed by atoms with Crippen LogP contribution >= 0.6 is 0 Å². The quantitative estimate of drug-likeness (QED) is 0.860. The second-order valence-corrected chi connectivity index (χ2v) is 6.42. The molecule has 23 heavy (non-hydrogen) atoms. The number of aryl methyl sites for hydroxylation is 2. The maximum Gasteiger partial charge on any atom is 0.291 e. The number of carbonyl (C=O) groups excluding carboxylic acids is 1. The van der Waals surface area contributed by atoms with Gasteiger partial charge in [0.1, 0.15) is 5.82 Å². The molecule has 0 spiro atoms. The van der Waals surface area contributed by atoms with Crippen molar-refractivity contribution in [1.29, 1.82) is 0 Å². The van der Waals surface area contributed by atoms with Crippen LogP contribution in [0.2, 0.25) is 0 Å². The monoisotopic (exact) mass is 313 g/mol. The zero-order chi connectivity index (χ0) is 16.6. The zero-order valence-electron chi connectivity index (χ0n) is 14.2. The van der Waals surface area contributed by atoms with Crippen molar-refractivity contribution >= 4 is 5.91 Å². The average Bonchev–Trinajstić information content (AvgIpc) is 2.90. The molecule has 1 amide bonds. The summed E-state index contributed by atoms with van der Waals surface area (Å²) in [5.41, 5.74) is 3.89. The van der Waals surface area contributed by atoms with Crippen molar-refractivity contribution < 1.29 is 4.79 Å². The van der Waals surface area contributed by atoms with E-state index in [1.165, 1.54) is 16.7 Å². The van der Waals surface area contributed by atoms with Gasteiger partial charge in [-0.3, -0.25) is 9.69 Å². The van der Waals surface area contributed by atoms with E-state index in [1.54, 1.807) is 11.9 Å². The first-order valence-electron chi connectivity index (χ1n) is 7.88. The predicted octanol–water partition coefficient (Wildman–Crippen LogP) is 1.61. The summed E-state index contributed by atoms with van der Waals surface area (Å²) in [5, 5.41) is 8.30. The number of nitrogens with zero attached hydrogens (tertiary/aromatic N) is 5. The number of aromatic nitrogens is 3. The number of rotatable bonds is 4. The van der Waals surface area contributed by atoms with Crippen molar-refractivity contribution in [1.82, 2.24) is 24.6 Å². The third-order valence-electron chi connectivity index (χ3n) is 4.38. The van der Waals surface area contributed by atoms with Crippen molar-refractivity contribution in [3.8, 4) is 0 Å². The molecule has 1 aromatic heterocycles. The van der Waals surface area contributed by atoms with E-state index >= 15 is 0 Å². The van der Waals surface area contributed by atoms with Crippen molar-refractivity contribution in [3.05, 3.63) is 46.5 Å². The summed E-state index contributed by atoms with van der Waals surface area (Å²) in [4.78, 5) is 16.0. The average molecular weight is 313 g/mol. The third kappa shape index (κ3) is 3.12. The normalized spacial score (nSPS) is 14.5. The van der Waals surface area contributed by atoms with Crippen LogP contribution in [-0.4, -0.2) is 51.1 Å². The molecule has 6 nitrogen and oxygen atoms in total. The molecule has 1 aliphatic rings. The minimum Gasteiger partial charge on any atom is -0.337 e. The van der Waals surface area contributed by atoms with Crippen molar-refractivity contribution in [2.45, 2.75) is 33.5 Å². The topological polar surface area (TPSA) is 54.3 Å². The maximum absolute atomic E-state index is 12.1. The van der Waals surface area contributed by atoms with E-state index in [2.05, 4.69) is 54.2 Å². The minimum absolute atomic E-state index is 0.0489. The summed E-state index contributed by atoms with van der Waals surface area (Å²) in [6, 6.07) is 6.52. The fourth-order valence-electron chi connectivity index (χ4n) is 2.93. The Bertz CT molecular complexity index is 737. The first-order valence-corrected chi connectivity index (χ1v) is 7.88. The molecule has 0 saturated heterocycles. The SMILES string of the molecule is Cc1ccc(C)c(CN(C)Cc2nnc3n2CCN(C)C3=O)c1. The second kappa shape index (κ2) is 6.12. The first kappa shape index (κ1) is 15.7. The number of hydrogen-bond donors (Lipinski definition) is 0. The minimum atomic E-state index is -0.0489. The van der Waals surface area contributed by atoms with Gasteiger partial charge >= 0.3 is 0 Å². The first-order chi connectivity index (χ1) is 11.0. The molecule has 2 heterocycles. The number of likely N-dealkylation sites (N-methyl/N-ethyl adjacent to an activating group) is 1. The fourth-order valence-corrected chi connectivity index (χ4v) is 2.93. The van der Waals surface area contributed by atoms with E-state index in [1.807, 2.05) is 4.57 Å². The summed E-state index contributed by atoms with van der Waals surface area (Å²) in [7, 11) is 3.87. The van der Waals surface area contributed by atoms with Crippen LogP contribution in [-0.2, 0) is 19.6 Å². The van der Waals surface area contributed by atoms with Gasteiger partial charge in [-0.1, -0.05) is 23.8 Å². The number of hydrogen-bond acceptors (Lipinski definition) is 4. The zero-order valence-corrected chi connectivity index (χ0v) is 14.2. The van der Waals surface area contributed by atoms with E-state index in [4.69, 9.17) is 0 Å². The summed E-state index contributed by atoms with van der Waals surface area (Å²) in [6.45, 7) is 7.24. The van der Waals surface area contributed by atoms with Crippen LogP contribution in [0.15, 0.2) is 18.2 Å². The van der Waals surface area contributed by atoms with Gasteiger partial charge in [-0.25, -0.2) is 0 Å². The van der Waals surface area contributed by atoms with Gasteiger partial charge in [0.05, 0.1) is 6.54 Å². The van der Waals surface area contributed by atoms with Crippen LogP contribution in [0.25, 0.3) is 0 Å². The lowest BCUT2D eigenvalue weighted by Gasteiger charge is -2.24. The molecule has 0 unspecified atom stereocenters. The third-order valence-corrected chi connectivity index (χ3v) is 4.38. The van der Waals surface area contributed by atoms with Gasteiger partial charge in [0.15, 0.2) is 0 Å². The molecule has 1 aliphatic heterocycles. The van der Waals surface area contributed by atoms with Crippen LogP contribution < -0.4 is 0 Å². The fraction of sp³-hybridized carbons (Fsp3) is 0.471. The Morgan fingerprint density at radius 2 is 1.96 bits per heavy atom. The molecule has 0 saturated carbocycles. The summed E-state index contributed by atoms with van der Waals surface area (Å²) in [6.07, 6.45) is 0. The maximum atomic E-state index is 12.1. The van der Waals surface area contributed by atoms with Gasteiger partial charge in [-0.05, 0) is 32.0 Å². The number of amides is 1. The second-order valence-electron chi connectivity index (χ2n) is 6.42. The van der Waals surface area contributed by atoms with Gasteiger partial charge in [-0.2, -0.15) is 0 Å². The highest BCUT2D eigenvalue weighted by Gasteiger charge is 2.26. The van der Waals surface area contributed by atoms with E-state index < -0.39 is 0 Å². The van der Waals surface area contributed by atoms with Crippen LogP contribution in [0, 0.1) is 13.8 Å². The molecule has 1 aromatic carbocycles. The molecular formula is C17H23N5O. The summed E-state index contributed by atoms with van der Waals surface area (Å²) in [5.74, 6) is 1.26. The van der Waals surface area contributed by atoms with Gasteiger partial charge in [0, 0.05) is 26.7 Å². The summed E-state index contributed by atoms with van der Waals surface area (Å²) >= 11 is 0. The lowest BCUT2D eigenvalue weighted by Crippen LogP contribution is -2.38. The van der Waals surface area contributed by atoms with Crippen LogP contribution in [0.1, 0.15) is 33.1 Å². The Morgan fingerprint density at radius 3 is 2.74 bits per heavy atom. The molecule has 0 radical (unpaired) electrons. The molecule has 3 rings (SSSR count). The number of fused-ring (bicyclic) bond motifs is 1. The van der Waals surface area contributed by atoms with Crippen molar-refractivity contribution in [3.63, 3.8) is 0 Å². The molecule has 2 aromatic rings. The smallest absolute Gasteiger partial charge is 0.291 e. The molecule has 122 valence electrons. The van der Waals surface area contributed by atoms with E-state index in [0.29, 0.717) is 18.9 Å². The molecule has 0 N–H and O–H groups in total. The largest absolute Gasteiger partial charge is 0.337 e. The lowest BCUT2D eigenvalue weighted by atomic mass is 10.1. The Labute approximate surface area is 136 Å². The number of benzene rings is 1.